The summed E-state index contributed by atoms with van der Waals surface area (Å²) in [6.45, 7) is 0.417. The second-order valence-corrected chi connectivity index (χ2v) is 6.84. The first-order valence-electron chi connectivity index (χ1n) is 8.58. The molecule has 0 radical (unpaired) electrons. The number of rotatable bonds is 6. The largest absolute Gasteiger partial charge is 0.340 e. The standard InChI is InChI=1S/C20H16BrN7/c21-14-4-3-6-15(10-14)26-20-18-11-16(7-8-19(18)23-13-24-20)27-28-25-12-17-5-1-2-9-22-17/h1-11,13H,12H2,(H,25,27)(H,23,24,26). The Balaban J connectivity index is 1.52. The van der Waals surface area contributed by atoms with Gasteiger partial charge in [0, 0.05) is 21.7 Å². The zero-order valence-electron chi connectivity index (χ0n) is 14.7. The average Bonchev–Trinajstić information content (AvgIpc) is 2.72. The molecule has 138 valence electrons. The Labute approximate surface area is 170 Å². The molecule has 0 amide bonds. The molecule has 0 atom stereocenters. The molecule has 2 N–H and O–H groups in total. The molecular formula is C20H16BrN7. The van der Waals surface area contributed by atoms with Crippen LogP contribution < -0.4 is 10.7 Å². The first kappa shape index (κ1) is 18.0. The third kappa shape index (κ3) is 4.47. The molecule has 8 heteroatoms. The van der Waals surface area contributed by atoms with Gasteiger partial charge >= 0.3 is 0 Å². The highest BCUT2D eigenvalue weighted by atomic mass is 79.9. The van der Waals surface area contributed by atoms with E-state index in [0.29, 0.717) is 6.54 Å². The predicted molar refractivity (Wildman–Crippen MR) is 113 cm³/mol. The summed E-state index contributed by atoms with van der Waals surface area (Å²) in [4.78, 5) is 12.9. The number of anilines is 3. The van der Waals surface area contributed by atoms with Crippen molar-refractivity contribution in [1.82, 2.24) is 15.0 Å². The molecule has 0 saturated heterocycles. The molecule has 7 nitrogen and oxygen atoms in total. The highest BCUT2D eigenvalue weighted by Crippen LogP contribution is 2.26. The topological polar surface area (TPSA) is 87.5 Å². The zero-order valence-corrected chi connectivity index (χ0v) is 16.3. The van der Waals surface area contributed by atoms with Gasteiger partial charge in [-0.3, -0.25) is 10.4 Å². The molecule has 4 rings (SSSR count). The molecule has 0 spiro atoms. The molecule has 2 aromatic heterocycles. The van der Waals surface area contributed by atoms with Crippen molar-refractivity contribution in [3.05, 3.63) is 83.4 Å². The number of benzene rings is 2. The fraction of sp³-hybridized carbons (Fsp3) is 0.0500. The second kappa shape index (κ2) is 8.53. The van der Waals surface area contributed by atoms with Gasteiger partial charge in [-0.1, -0.05) is 33.3 Å². The van der Waals surface area contributed by atoms with Crippen LogP contribution in [0.5, 0.6) is 0 Å². The Kier molecular flexibility index (Phi) is 5.48. The van der Waals surface area contributed by atoms with Gasteiger partial charge < -0.3 is 5.32 Å². The summed E-state index contributed by atoms with van der Waals surface area (Å²) in [5.41, 5.74) is 6.37. The van der Waals surface area contributed by atoms with Crippen LogP contribution in [0.2, 0.25) is 0 Å². The summed E-state index contributed by atoms with van der Waals surface area (Å²) in [5.74, 6) is 0.720. The molecular weight excluding hydrogens is 418 g/mol. The molecule has 2 heterocycles. The van der Waals surface area contributed by atoms with E-state index in [1.807, 2.05) is 60.7 Å². The number of hydrogen-bond donors (Lipinski definition) is 2. The third-order valence-electron chi connectivity index (χ3n) is 3.93. The van der Waals surface area contributed by atoms with Crippen LogP contribution in [0.4, 0.5) is 17.2 Å². The van der Waals surface area contributed by atoms with Crippen molar-refractivity contribution in [3.8, 4) is 0 Å². The van der Waals surface area contributed by atoms with E-state index in [4.69, 9.17) is 0 Å². The summed E-state index contributed by atoms with van der Waals surface area (Å²) >= 11 is 3.48. The van der Waals surface area contributed by atoms with Gasteiger partial charge in [0.1, 0.15) is 18.7 Å². The van der Waals surface area contributed by atoms with Crippen LogP contribution in [0.15, 0.2) is 88.0 Å². The number of nitrogens with zero attached hydrogens (tertiary/aromatic N) is 5. The number of aromatic nitrogens is 3. The van der Waals surface area contributed by atoms with Gasteiger partial charge in [-0.15, -0.1) is 0 Å². The van der Waals surface area contributed by atoms with Crippen molar-refractivity contribution in [2.75, 3.05) is 10.7 Å². The molecule has 0 saturated carbocycles. The summed E-state index contributed by atoms with van der Waals surface area (Å²) < 4.78 is 0.992. The highest BCUT2D eigenvalue weighted by Gasteiger charge is 2.06. The zero-order chi connectivity index (χ0) is 19.2. The van der Waals surface area contributed by atoms with Gasteiger partial charge in [0.05, 0.1) is 16.9 Å². The maximum atomic E-state index is 4.38. The van der Waals surface area contributed by atoms with Crippen molar-refractivity contribution < 1.29 is 0 Å². The van der Waals surface area contributed by atoms with E-state index < -0.39 is 0 Å². The smallest absolute Gasteiger partial charge is 0.141 e. The predicted octanol–water partition coefficient (Wildman–Crippen LogP) is 5.51. The lowest BCUT2D eigenvalue weighted by Gasteiger charge is -2.09. The van der Waals surface area contributed by atoms with E-state index >= 15 is 0 Å². The van der Waals surface area contributed by atoms with Crippen LogP contribution >= 0.6 is 15.9 Å². The lowest BCUT2D eigenvalue weighted by molar-refractivity contribution is 0.890. The van der Waals surface area contributed by atoms with Crippen molar-refractivity contribution in [3.63, 3.8) is 0 Å². The lowest BCUT2D eigenvalue weighted by atomic mass is 10.2. The normalized spacial score (nSPS) is 11.0. The molecule has 0 aliphatic rings. The Bertz CT molecular complexity index is 1120. The van der Waals surface area contributed by atoms with Gasteiger partial charge in [0.25, 0.3) is 0 Å². The van der Waals surface area contributed by atoms with Gasteiger partial charge in [-0.05, 0) is 48.5 Å². The number of halogens is 1. The molecule has 0 unspecified atom stereocenters. The van der Waals surface area contributed by atoms with Crippen LogP contribution in [-0.2, 0) is 6.54 Å². The second-order valence-electron chi connectivity index (χ2n) is 5.92. The molecule has 0 aliphatic heterocycles. The first-order valence-corrected chi connectivity index (χ1v) is 9.37. The van der Waals surface area contributed by atoms with Crippen molar-refractivity contribution in [2.45, 2.75) is 6.54 Å². The monoisotopic (exact) mass is 433 g/mol. The first-order chi connectivity index (χ1) is 13.8. The van der Waals surface area contributed by atoms with E-state index in [1.165, 1.54) is 0 Å². The van der Waals surface area contributed by atoms with Gasteiger partial charge in [0.2, 0.25) is 0 Å². The number of nitrogens with one attached hydrogen (secondary N) is 2. The minimum atomic E-state index is 0.417. The SMILES string of the molecule is Brc1cccc(Nc2ncnc3ccc(NN=NCc4ccccn4)cc23)c1. The summed E-state index contributed by atoms with van der Waals surface area (Å²) in [6.07, 6.45) is 3.28. The number of hydrogen-bond acceptors (Lipinski definition) is 6. The molecule has 4 aromatic rings. The third-order valence-corrected chi connectivity index (χ3v) is 4.42. The van der Waals surface area contributed by atoms with Crippen molar-refractivity contribution in [2.24, 2.45) is 10.3 Å². The van der Waals surface area contributed by atoms with E-state index in [2.05, 4.69) is 52.0 Å². The van der Waals surface area contributed by atoms with Crippen LogP contribution in [0.1, 0.15) is 5.69 Å². The number of pyridine rings is 1. The van der Waals surface area contributed by atoms with E-state index in [1.54, 1.807) is 12.5 Å². The van der Waals surface area contributed by atoms with Crippen molar-refractivity contribution >= 4 is 44.0 Å². The maximum Gasteiger partial charge on any atom is 0.141 e. The Morgan fingerprint density at radius 2 is 1.86 bits per heavy atom. The molecule has 0 aliphatic carbocycles. The van der Waals surface area contributed by atoms with Crippen LogP contribution in [0, 0.1) is 0 Å². The average molecular weight is 434 g/mol. The fourth-order valence-electron chi connectivity index (χ4n) is 2.62. The maximum absolute atomic E-state index is 4.38. The van der Waals surface area contributed by atoms with E-state index in [0.717, 1.165) is 38.3 Å². The van der Waals surface area contributed by atoms with Gasteiger partial charge in [-0.25, -0.2) is 9.97 Å². The summed E-state index contributed by atoms with van der Waals surface area (Å²) in [7, 11) is 0. The lowest BCUT2D eigenvalue weighted by Crippen LogP contribution is -1.97. The molecule has 0 fully saturated rings. The number of fused-ring (bicyclic) bond motifs is 1. The van der Waals surface area contributed by atoms with Crippen LogP contribution in [-0.4, -0.2) is 15.0 Å². The fourth-order valence-corrected chi connectivity index (χ4v) is 3.02. The summed E-state index contributed by atoms with van der Waals surface area (Å²) in [6, 6.07) is 19.4. The Morgan fingerprint density at radius 1 is 0.893 bits per heavy atom. The highest BCUT2D eigenvalue weighted by molar-refractivity contribution is 9.10. The van der Waals surface area contributed by atoms with Crippen LogP contribution in [0.25, 0.3) is 10.9 Å². The van der Waals surface area contributed by atoms with E-state index in [9.17, 15) is 0 Å². The quantitative estimate of drug-likeness (QED) is 0.309. The minimum Gasteiger partial charge on any atom is -0.340 e. The van der Waals surface area contributed by atoms with E-state index in [-0.39, 0.29) is 0 Å². The molecule has 0 bridgehead atoms. The van der Waals surface area contributed by atoms with Gasteiger partial charge in [-0.2, -0.15) is 5.11 Å². The van der Waals surface area contributed by atoms with Crippen molar-refractivity contribution in [1.29, 1.82) is 0 Å². The van der Waals surface area contributed by atoms with Crippen LogP contribution in [0.3, 0.4) is 0 Å². The molecule has 28 heavy (non-hydrogen) atoms. The minimum absolute atomic E-state index is 0.417. The Hall–Kier alpha value is -3.39. The summed E-state index contributed by atoms with van der Waals surface area (Å²) in [5, 5.41) is 12.4. The van der Waals surface area contributed by atoms with Gasteiger partial charge in [0.15, 0.2) is 0 Å². The Morgan fingerprint density at radius 3 is 2.71 bits per heavy atom. The molecule has 2 aromatic carbocycles.